The predicted molar refractivity (Wildman–Crippen MR) is 102 cm³/mol. The number of carbonyl (C=O) groups excluding carboxylic acids is 1. The number of hydrogen-bond acceptors (Lipinski definition) is 3. The minimum absolute atomic E-state index is 0.120. The van der Waals surface area contributed by atoms with E-state index in [9.17, 15) is 18.0 Å². The Bertz CT molecular complexity index is 727. The van der Waals surface area contributed by atoms with Gasteiger partial charge in [0.2, 0.25) is 5.91 Å². The van der Waals surface area contributed by atoms with Crippen molar-refractivity contribution in [3.63, 3.8) is 0 Å². The van der Waals surface area contributed by atoms with Crippen molar-refractivity contribution in [3.8, 4) is 0 Å². The summed E-state index contributed by atoms with van der Waals surface area (Å²) in [6.07, 6.45) is 0.0484. The van der Waals surface area contributed by atoms with Crippen molar-refractivity contribution in [1.82, 2.24) is 0 Å². The lowest BCUT2D eigenvalue weighted by Crippen LogP contribution is -2.41. The summed E-state index contributed by atoms with van der Waals surface area (Å²) in [7, 11) is -0.933. The number of anilines is 1. The van der Waals surface area contributed by atoms with Gasteiger partial charge in [-0.05, 0) is 58.1 Å². The smallest absolute Gasteiger partial charge is 0.399 e. The highest BCUT2D eigenvalue weighted by Crippen LogP contribution is 2.37. The summed E-state index contributed by atoms with van der Waals surface area (Å²) in [5.41, 5.74) is -1.81. The second kappa shape index (κ2) is 7.37. The zero-order chi connectivity index (χ0) is 20.7. The maximum atomic E-state index is 13.4. The van der Waals surface area contributed by atoms with Gasteiger partial charge >= 0.3 is 13.3 Å². The first-order chi connectivity index (χ1) is 12.9. The average Bonchev–Trinajstić information content (AvgIpc) is 2.82. The van der Waals surface area contributed by atoms with Crippen molar-refractivity contribution in [2.24, 2.45) is 5.92 Å². The van der Waals surface area contributed by atoms with Gasteiger partial charge in [0.15, 0.2) is 0 Å². The zero-order valence-electron chi connectivity index (χ0n) is 16.8. The molecule has 0 atom stereocenters. The largest absolute Gasteiger partial charge is 0.494 e. The molecule has 2 fully saturated rings. The molecule has 0 bridgehead atoms. The van der Waals surface area contributed by atoms with Crippen molar-refractivity contribution < 1.29 is 27.3 Å². The Kier molecular flexibility index (Phi) is 5.58. The van der Waals surface area contributed by atoms with Crippen LogP contribution in [0.1, 0.15) is 65.4 Å². The number of nitrogens with one attached hydrogen (secondary N) is 1. The molecule has 28 heavy (non-hydrogen) atoms. The van der Waals surface area contributed by atoms with Gasteiger partial charge in [-0.1, -0.05) is 25.3 Å². The number of benzene rings is 1. The van der Waals surface area contributed by atoms with E-state index in [4.69, 9.17) is 9.31 Å². The summed E-state index contributed by atoms with van der Waals surface area (Å²) in [6.45, 7) is 7.36. The SMILES string of the molecule is CC1(C)OB(c2cc(NC(=O)C3CCCCC3)cc(C(F)(F)F)c2)OC1(C)C. The van der Waals surface area contributed by atoms with Crippen molar-refractivity contribution in [2.75, 3.05) is 5.32 Å². The van der Waals surface area contributed by atoms with Crippen LogP contribution in [0, 0.1) is 5.92 Å². The van der Waals surface area contributed by atoms with Crippen LogP contribution in [0.3, 0.4) is 0 Å². The first kappa shape index (κ1) is 21.2. The molecule has 1 saturated heterocycles. The van der Waals surface area contributed by atoms with Crippen LogP contribution in [0.15, 0.2) is 18.2 Å². The average molecular weight is 397 g/mol. The molecule has 3 rings (SSSR count). The van der Waals surface area contributed by atoms with Gasteiger partial charge in [-0.3, -0.25) is 4.79 Å². The minimum atomic E-state index is -4.54. The molecule has 4 nitrogen and oxygen atoms in total. The number of amides is 1. The van der Waals surface area contributed by atoms with Crippen LogP contribution in [0.25, 0.3) is 0 Å². The molecule has 0 spiro atoms. The van der Waals surface area contributed by atoms with E-state index in [2.05, 4.69) is 5.32 Å². The molecule has 0 aromatic heterocycles. The van der Waals surface area contributed by atoms with Gasteiger partial charge in [0.05, 0.1) is 16.8 Å². The fourth-order valence-corrected chi connectivity index (χ4v) is 3.61. The minimum Gasteiger partial charge on any atom is -0.399 e. The summed E-state index contributed by atoms with van der Waals surface area (Å²) in [4.78, 5) is 12.5. The second-order valence-electron chi connectivity index (χ2n) is 8.75. The number of hydrogen-bond donors (Lipinski definition) is 1. The van der Waals surface area contributed by atoms with Crippen LogP contribution in [-0.4, -0.2) is 24.2 Å². The molecule has 1 aliphatic carbocycles. The molecule has 1 aliphatic heterocycles. The maximum Gasteiger partial charge on any atom is 0.494 e. The van der Waals surface area contributed by atoms with E-state index in [0.717, 1.165) is 44.2 Å². The van der Waals surface area contributed by atoms with Crippen molar-refractivity contribution in [3.05, 3.63) is 23.8 Å². The van der Waals surface area contributed by atoms with Crippen LogP contribution in [0.5, 0.6) is 0 Å². The normalized spacial score (nSPS) is 22.3. The highest BCUT2D eigenvalue weighted by atomic mass is 19.4. The lowest BCUT2D eigenvalue weighted by molar-refractivity contribution is -0.137. The van der Waals surface area contributed by atoms with Crippen LogP contribution >= 0.6 is 0 Å². The highest BCUT2D eigenvalue weighted by molar-refractivity contribution is 6.62. The zero-order valence-corrected chi connectivity index (χ0v) is 16.8. The molecule has 1 aromatic carbocycles. The summed E-state index contributed by atoms with van der Waals surface area (Å²) in [5.74, 6) is -0.373. The van der Waals surface area contributed by atoms with Gasteiger partial charge in [-0.15, -0.1) is 0 Å². The van der Waals surface area contributed by atoms with Crippen LogP contribution in [0.4, 0.5) is 18.9 Å². The van der Waals surface area contributed by atoms with E-state index in [-0.39, 0.29) is 23.0 Å². The van der Waals surface area contributed by atoms with E-state index in [1.165, 1.54) is 6.07 Å². The van der Waals surface area contributed by atoms with Gasteiger partial charge in [0, 0.05) is 11.6 Å². The molecule has 0 unspecified atom stereocenters. The van der Waals surface area contributed by atoms with Gasteiger partial charge in [0.25, 0.3) is 0 Å². The second-order valence-corrected chi connectivity index (χ2v) is 8.75. The molecular weight excluding hydrogens is 370 g/mol. The molecule has 1 amide bonds. The third-order valence-electron chi connectivity index (χ3n) is 6.05. The monoisotopic (exact) mass is 397 g/mol. The Morgan fingerprint density at radius 1 is 1.04 bits per heavy atom. The Hall–Kier alpha value is -1.54. The topological polar surface area (TPSA) is 47.6 Å². The lowest BCUT2D eigenvalue weighted by atomic mass is 9.78. The number of carbonyl (C=O) groups is 1. The quantitative estimate of drug-likeness (QED) is 0.763. The Morgan fingerprint density at radius 3 is 2.14 bits per heavy atom. The van der Waals surface area contributed by atoms with E-state index in [0.29, 0.717) is 0 Å². The van der Waals surface area contributed by atoms with E-state index in [1.807, 2.05) is 27.7 Å². The summed E-state index contributed by atoms with van der Waals surface area (Å²) in [5, 5.41) is 2.68. The fraction of sp³-hybridized carbons (Fsp3) is 0.650. The molecule has 2 aliphatic rings. The number of halogens is 3. The highest BCUT2D eigenvalue weighted by Gasteiger charge is 2.52. The predicted octanol–water partition coefficient (Wildman–Crippen LogP) is 4.52. The first-order valence-corrected chi connectivity index (χ1v) is 9.78. The van der Waals surface area contributed by atoms with Crippen LogP contribution in [-0.2, 0) is 20.3 Å². The molecule has 1 aromatic rings. The van der Waals surface area contributed by atoms with Gasteiger partial charge < -0.3 is 14.6 Å². The van der Waals surface area contributed by atoms with Crippen molar-refractivity contribution >= 4 is 24.2 Å². The summed E-state index contributed by atoms with van der Waals surface area (Å²) in [6, 6.07) is 3.51. The Labute approximate surface area is 164 Å². The van der Waals surface area contributed by atoms with Gasteiger partial charge in [-0.25, -0.2) is 0 Å². The molecule has 0 radical (unpaired) electrons. The number of alkyl halides is 3. The molecule has 154 valence electrons. The molecule has 1 N–H and O–H groups in total. The summed E-state index contributed by atoms with van der Waals surface area (Å²) >= 11 is 0. The first-order valence-electron chi connectivity index (χ1n) is 9.78. The summed E-state index contributed by atoms with van der Waals surface area (Å²) < 4.78 is 52.1. The number of rotatable bonds is 3. The molecule has 1 saturated carbocycles. The maximum absolute atomic E-state index is 13.4. The van der Waals surface area contributed by atoms with Crippen molar-refractivity contribution in [1.29, 1.82) is 0 Å². The van der Waals surface area contributed by atoms with E-state index in [1.54, 1.807) is 0 Å². The standard InChI is InChI=1S/C20H27BF3NO3/c1-18(2)19(3,4)28-21(27-18)15-10-14(20(22,23)24)11-16(12-15)25-17(26)13-8-6-5-7-9-13/h10-13H,5-9H2,1-4H3,(H,25,26). The van der Waals surface area contributed by atoms with E-state index >= 15 is 0 Å². The third-order valence-corrected chi connectivity index (χ3v) is 6.05. The van der Waals surface area contributed by atoms with Crippen LogP contribution < -0.4 is 10.8 Å². The van der Waals surface area contributed by atoms with Crippen molar-refractivity contribution in [2.45, 2.75) is 77.2 Å². The van der Waals surface area contributed by atoms with Crippen LogP contribution in [0.2, 0.25) is 0 Å². The molecule has 8 heteroatoms. The third kappa shape index (κ3) is 4.38. The Balaban J connectivity index is 1.89. The fourth-order valence-electron chi connectivity index (χ4n) is 3.61. The van der Waals surface area contributed by atoms with Gasteiger partial charge in [-0.2, -0.15) is 13.2 Å². The van der Waals surface area contributed by atoms with E-state index < -0.39 is 30.1 Å². The lowest BCUT2D eigenvalue weighted by Gasteiger charge is -2.32. The van der Waals surface area contributed by atoms with Gasteiger partial charge in [0.1, 0.15) is 0 Å². The molecular formula is C20H27BF3NO3. The Morgan fingerprint density at radius 2 is 1.61 bits per heavy atom. The molecule has 1 heterocycles.